The van der Waals surface area contributed by atoms with Gasteiger partial charge in [0.15, 0.2) is 5.82 Å². The molecule has 3 rings (SSSR count). The van der Waals surface area contributed by atoms with Crippen LogP contribution in [0.2, 0.25) is 0 Å². The second-order valence-corrected chi connectivity index (χ2v) is 8.73. The molecule has 1 saturated heterocycles. The third-order valence-corrected chi connectivity index (χ3v) is 5.63. The van der Waals surface area contributed by atoms with Gasteiger partial charge >= 0.3 is 6.09 Å². The Bertz CT molecular complexity index is 900. The first-order valence-electron chi connectivity index (χ1n) is 10.2. The van der Waals surface area contributed by atoms with Gasteiger partial charge in [0.2, 0.25) is 0 Å². The first-order valence-corrected chi connectivity index (χ1v) is 10.2. The fourth-order valence-electron chi connectivity index (χ4n) is 4.51. The molecule has 2 unspecified atom stereocenters. The quantitative estimate of drug-likeness (QED) is 0.805. The van der Waals surface area contributed by atoms with Crippen molar-refractivity contribution in [2.24, 2.45) is 5.41 Å². The normalized spacial score (nSPS) is 21.2. The van der Waals surface area contributed by atoms with Crippen LogP contribution in [0.4, 0.5) is 4.79 Å². The number of carboxylic acid groups (broad SMARTS) is 1. The van der Waals surface area contributed by atoms with E-state index in [0.717, 1.165) is 5.56 Å². The molecule has 1 aromatic carbocycles. The summed E-state index contributed by atoms with van der Waals surface area (Å²) in [5, 5.41) is 31.6. The zero-order valence-corrected chi connectivity index (χ0v) is 17.9. The lowest BCUT2D eigenvalue weighted by atomic mass is 9.79. The predicted molar refractivity (Wildman–Crippen MR) is 110 cm³/mol. The average Bonchev–Trinajstić information content (AvgIpc) is 3.15. The van der Waals surface area contributed by atoms with Crippen LogP contribution in [0, 0.1) is 16.7 Å². The molecule has 160 valence electrons. The smallest absolute Gasteiger partial charge is 0.407 e. The number of benzene rings is 1. The third kappa shape index (κ3) is 4.44. The van der Waals surface area contributed by atoms with Crippen LogP contribution < -0.4 is 0 Å². The van der Waals surface area contributed by atoms with Crippen LogP contribution in [0.1, 0.15) is 51.5 Å². The van der Waals surface area contributed by atoms with Gasteiger partial charge in [-0.05, 0) is 23.1 Å². The molecule has 3 atom stereocenters. The van der Waals surface area contributed by atoms with Crippen molar-refractivity contribution in [2.45, 2.75) is 58.8 Å². The van der Waals surface area contributed by atoms with Gasteiger partial charge in [0.05, 0.1) is 31.1 Å². The molecule has 0 saturated carbocycles. The summed E-state index contributed by atoms with van der Waals surface area (Å²) in [6, 6.07) is 11.6. The highest BCUT2D eigenvalue weighted by molar-refractivity contribution is 5.66. The molecule has 1 fully saturated rings. The van der Waals surface area contributed by atoms with Crippen molar-refractivity contribution in [2.75, 3.05) is 13.1 Å². The van der Waals surface area contributed by atoms with Crippen molar-refractivity contribution in [1.29, 1.82) is 5.26 Å². The van der Waals surface area contributed by atoms with Crippen LogP contribution in [0.5, 0.6) is 0 Å². The molecular formula is C21H29N7O2. The van der Waals surface area contributed by atoms with E-state index in [0.29, 0.717) is 31.9 Å². The number of piperazine rings is 1. The minimum absolute atomic E-state index is 0.0638. The molecule has 0 spiro atoms. The van der Waals surface area contributed by atoms with Crippen LogP contribution in [0.25, 0.3) is 0 Å². The van der Waals surface area contributed by atoms with Gasteiger partial charge in [-0.3, -0.25) is 4.90 Å². The van der Waals surface area contributed by atoms with E-state index >= 15 is 0 Å². The summed E-state index contributed by atoms with van der Waals surface area (Å²) >= 11 is 0. The van der Waals surface area contributed by atoms with Gasteiger partial charge in [-0.15, -0.1) is 10.2 Å². The third-order valence-electron chi connectivity index (χ3n) is 5.63. The largest absolute Gasteiger partial charge is 0.465 e. The molecule has 2 heterocycles. The van der Waals surface area contributed by atoms with Gasteiger partial charge < -0.3 is 10.0 Å². The van der Waals surface area contributed by atoms with Gasteiger partial charge in [0.25, 0.3) is 0 Å². The minimum atomic E-state index is -0.891. The lowest BCUT2D eigenvalue weighted by Gasteiger charge is -2.52. The summed E-state index contributed by atoms with van der Waals surface area (Å²) in [4.78, 5) is 17.2. The molecule has 0 aliphatic carbocycles. The van der Waals surface area contributed by atoms with E-state index in [1.54, 1.807) is 4.90 Å². The molecule has 1 N–H and O–H groups in total. The van der Waals surface area contributed by atoms with Crippen molar-refractivity contribution in [1.82, 2.24) is 30.0 Å². The highest BCUT2D eigenvalue weighted by Gasteiger charge is 2.46. The minimum Gasteiger partial charge on any atom is -0.465 e. The zero-order valence-electron chi connectivity index (χ0n) is 17.9. The molecule has 0 bridgehead atoms. The number of nitrogens with zero attached hydrogens (tertiary/aromatic N) is 7. The average molecular weight is 412 g/mol. The standard InChI is InChI=1S/C21H29N7O2/c1-15-18(21(2,3)4)27(20(29)30)14-13-26(15)17(16-9-6-5-7-10-16)19-23-25-28(24-19)12-8-11-22/h5-7,9-10,15,17-18H,8,12-14H2,1-4H3,(H,29,30)/t15-,17?,18?/m1/s1. The number of hydrogen-bond donors (Lipinski definition) is 1. The maximum Gasteiger partial charge on any atom is 0.407 e. The summed E-state index contributed by atoms with van der Waals surface area (Å²) in [5.74, 6) is 0.558. The van der Waals surface area contributed by atoms with Crippen molar-refractivity contribution >= 4 is 6.09 Å². The zero-order chi connectivity index (χ0) is 21.9. The number of hydrogen-bond acceptors (Lipinski definition) is 6. The Labute approximate surface area is 176 Å². The number of carbonyl (C=O) groups is 1. The van der Waals surface area contributed by atoms with E-state index in [-0.39, 0.29) is 23.5 Å². The Balaban J connectivity index is 2.00. The Hall–Kier alpha value is -2.99. The molecule has 1 aromatic heterocycles. The van der Waals surface area contributed by atoms with Gasteiger partial charge in [0.1, 0.15) is 0 Å². The van der Waals surface area contributed by atoms with Crippen LogP contribution in [-0.2, 0) is 6.54 Å². The maximum absolute atomic E-state index is 11.9. The van der Waals surface area contributed by atoms with Gasteiger partial charge in [0, 0.05) is 19.1 Å². The first kappa shape index (κ1) is 21.7. The van der Waals surface area contributed by atoms with E-state index in [1.165, 1.54) is 4.80 Å². The first-order chi connectivity index (χ1) is 14.2. The molecule has 1 aliphatic rings. The Kier molecular flexibility index (Phi) is 6.37. The van der Waals surface area contributed by atoms with E-state index in [4.69, 9.17) is 5.26 Å². The van der Waals surface area contributed by atoms with Crippen molar-refractivity contribution < 1.29 is 9.90 Å². The summed E-state index contributed by atoms with van der Waals surface area (Å²) < 4.78 is 0. The van der Waals surface area contributed by atoms with Gasteiger partial charge in [-0.1, -0.05) is 51.1 Å². The van der Waals surface area contributed by atoms with Crippen molar-refractivity contribution in [3.8, 4) is 6.07 Å². The second kappa shape index (κ2) is 8.79. The SMILES string of the molecule is C[C@@H]1C(C(C)(C)C)N(C(=O)O)CCN1C(c1ccccc1)c1nnn(CCC#N)n1. The summed E-state index contributed by atoms with van der Waals surface area (Å²) in [7, 11) is 0. The molecule has 9 heteroatoms. The summed E-state index contributed by atoms with van der Waals surface area (Å²) in [5.41, 5.74) is 0.788. The molecule has 2 aromatic rings. The fourth-order valence-corrected chi connectivity index (χ4v) is 4.51. The summed E-state index contributed by atoms with van der Waals surface area (Å²) in [6.45, 7) is 9.64. The predicted octanol–water partition coefficient (Wildman–Crippen LogP) is 2.77. The van der Waals surface area contributed by atoms with E-state index < -0.39 is 6.09 Å². The molecule has 0 radical (unpaired) electrons. The van der Waals surface area contributed by atoms with E-state index in [2.05, 4.69) is 54.1 Å². The number of nitriles is 1. The number of tetrazole rings is 1. The lowest BCUT2D eigenvalue weighted by Crippen LogP contribution is -2.64. The highest BCUT2D eigenvalue weighted by Crippen LogP contribution is 2.37. The van der Waals surface area contributed by atoms with Crippen molar-refractivity contribution in [3.05, 3.63) is 41.7 Å². The van der Waals surface area contributed by atoms with E-state index in [9.17, 15) is 9.90 Å². The summed E-state index contributed by atoms with van der Waals surface area (Å²) in [6.07, 6.45) is -0.579. The van der Waals surface area contributed by atoms with E-state index in [1.807, 2.05) is 30.3 Å². The second-order valence-electron chi connectivity index (χ2n) is 8.73. The number of aromatic nitrogens is 4. The molecule has 1 aliphatic heterocycles. The number of amides is 1. The maximum atomic E-state index is 11.9. The van der Waals surface area contributed by atoms with Crippen molar-refractivity contribution in [3.63, 3.8) is 0 Å². The topological polar surface area (TPSA) is 111 Å². The van der Waals surface area contributed by atoms with Crippen LogP contribution in [0.3, 0.4) is 0 Å². The molecule has 30 heavy (non-hydrogen) atoms. The molecular weight excluding hydrogens is 382 g/mol. The van der Waals surface area contributed by atoms with Gasteiger partial charge in [-0.2, -0.15) is 10.1 Å². The Morgan fingerprint density at radius 2 is 2.00 bits per heavy atom. The molecule has 9 nitrogen and oxygen atoms in total. The monoisotopic (exact) mass is 411 g/mol. The van der Waals surface area contributed by atoms with Crippen LogP contribution in [0.15, 0.2) is 30.3 Å². The van der Waals surface area contributed by atoms with Crippen LogP contribution >= 0.6 is 0 Å². The number of aryl methyl sites for hydroxylation is 1. The van der Waals surface area contributed by atoms with Crippen LogP contribution in [-0.4, -0.2) is 66.4 Å². The Morgan fingerprint density at radius 3 is 2.60 bits per heavy atom. The fraction of sp³-hybridized carbons (Fsp3) is 0.571. The Morgan fingerprint density at radius 1 is 1.30 bits per heavy atom. The number of rotatable bonds is 5. The molecule has 1 amide bonds. The lowest BCUT2D eigenvalue weighted by molar-refractivity contribution is -0.0281. The van der Waals surface area contributed by atoms with Gasteiger partial charge in [-0.25, -0.2) is 4.79 Å². The highest BCUT2D eigenvalue weighted by atomic mass is 16.4.